The molecule has 0 aliphatic carbocycles. The van der Waals surface area contributed by atoms with Crippen LogP contribution in [0.5, 0.6) is 5.75 Å². The lowest BCUT2D eigenvalue weighted by Crippen LogP contribution is -2.51. The summed E-state index contributed by atoms with van der Waals surface area (Å²) in [6.45, 7) is 3.71. The summed E-state index contributed by atoms with van der Waals surface area (Å²) in [5.41, 5.74) is 3.97. The van der Waals surface area contributed by atoms with Gasteiger partial charge in [0.15, 0.2) is 0 Å². The van der Waals surface area contributed by atoms with Gasteiger partial charge in [-0.05, 0) is 47.4 Å². The number of hydrogen-bond donors (Lipinski definition) is 1. The Hall–Kier alpha value is -3.27. The number of carbonyl (C=O) groups is 1. The minimum atomic E-state index is -4.06. The van der Waals surface area contributed by atoms with Gasteiger partial charge in [0.1, 0.15) is 11.8 Å². The van der Waals surface area contributed by atoms with Crippen LogP contribution in [0.3, 0.4) is 0 Å². The largest absolute Gasteiger partial charge is 0.497 e. The van der Waals surface area contributed by atoms with Gasteiger partial charge in [-0.2, -0.15) is 4.31 Å². The molecule has 0 radical (unpaired) electrons. The second-order valence-corrected chi connectivity index (χ2v) is 9.91. The number of nitrogens with zero attached hydrogens (tertiary/aromatic N) is 2. The number of amides is 1. The SMILES string of the molecule is COc1ccc(S(=O)(=O)N(Cc2cccnc2)C(C(=O)NOCc2ccccc2)C(C)C)cc1. The van der Waals surface area contributed by atoms with Crippen molar-refractivity contribution in [3.63, 3.8) is 0 Å². The van der Waals surface area contributed by atoms with Crippen molar-refractivity contribution in [2.45, 2.75) is 37.9 Å². The number of benzene rings is 2. The molecule has 9 heteroatoms. The Morgan fingerprint density at radius 1 is 1.00 bits per heavy atom. The highest BCUT2D eigenvalue weighted by molar-refractivity contribution is 7.89. The van der Waals surface area contributed by atoms with E-state index in [2.05, 4.69) is 10.5 Å². The number of rotatable bonds is 11. The highest BCUT2D eigenvalue weighted by Crippen LogP contribution is 2.26. The maximum atomic E-state index is 13.7. The van der Waals surface area contributed by atoms with Crippen molar-refractivity contribution in [3.8, 4) is 5.75 Å². The summed E-state index contributed by atoms with van der Waals surface area (Å²) in [4.78, 5) is 22.8. The first-order valence-electron chi connectivity index (χ1n) is 10.8. The summed E-state index contributed by atoms with van der Waals surface area (Å²) in [6.07, 6.45) is 3.19. The maximum Gasteiger partial charge on any atom is 0.262 e. The van der Waals surface area contributed by atoms with Gasteiger partial charge in [-0.1, -0.05) is 50.2 Å². The quantitative estimate of drug-likeness (QED) is 0.419. The maximum absolute atomic E-state index is 13.7. The molecule has 0 saturated heterocycles. The van der Waals surface area contributed by atoms with Crippen LogP contribution in [0.15, 0.2) is 84.0 Å². The lowest BCUT2D eigenvalue weighted by Gasteiger charge is -2.32. The Morgan fingerprint density at radius 3 is 2.26 bits per heavy atom. The Kier molecular flexibility index (Phi) is 8.75. The minimum Gasteiger partial charge on any atom is -0.497 e. The first-order valence-corrected chi connectivity index (χ1v) is 12.3. The second-order valence-electron chi connectivity index (χ2n) is 8.02. The van der Waals surface area contributed by atoms with Crippen molar-refractivity contribution in [2.24, 2.45) is 5.92 Å². The molecule has 3 rings (SSSR count). The first kappa shape index (κ1) is 25.4. The number of ether oxygens (including phenoxy) is 1. The lowest BCUT2D eigenvalue weighted by atomic mass is 10.0. The van der Waals surface area contributed by atoms with Crippen LogP contribution in [0, 0.1) is 5.92 Å². The molecular weight excluding hydrogens is 454 g/mol. The van der Waals surface area contributed by atoms with Crippen LogP contribution >= 0.6 is 0 Å². The number of sulfonamides is 1. The number of methoxy groups -OCH3 is 1. The summed E-state index contributed by atoms with van der Waals surface area (Å²) in [5, 5.41) is 0. The Balaban J connectivity index is 1.90. The molecule has 0 saturated carbocycles. The second kappa shape index (κ2) is 11.7. The van der Waals surface area contributed by atoms with Crippen molar-refractivity contribution in [3.05, 3.63) is 90.3 Å². The third-order valence-electron chi connectivity index (χ3n) is 5.19. The molecule has 1 aromatic heterocycles. The topological polar surface area (TPSA) is 97.8 Å². The smallest absolute Gasteiger partial charge is 0.262 e. The Labute approximate surface area is 200 Å². The van der Waals surface area contributed by atoms with Crippen molar-refractivity contribution < 1.29 is 22.8 Å². The monoisotopic (exact) mass is 483 g/mol. The predicted octanol–water partition coefficient (Wildman–Crippen LogP) is 3.55. The number of hydroxylamine groups is 1. The third-order valence-corrected chi connectivity index (χ3v) is 7.03. The average molecular weight is 484 g/mol. The molecule has 2 aromatic carbocycles. The average Bonchev–Trinajstić information content (AvgIpc) is 2.84. The van der Waals surface area contributed by atoms with Crippen LogP contribution in [0.4, 0.5) is 0 Å². The summed E-state index contributed by atoms with van der Waals surface area (Å²) in [5.74, 6) is -0.359. The van der Waals surface area contributed by atoms with E-state index in [1.165, 1.54) is 23.5 Å². The normalized spacial score (nSPS) is 12.5. The van der Waals surface area contributed by atoms with Crippen LogP contribution in [-0.2, 0) is 32.8 Å². The van der Waals surface area contributed by atoms with Gasteiger partial charge in [0.05, 0.1) is 18.6 Å². The molecule has 1 unspecified atom stereocenters. The lowest BCUT2D eigenvalue weighted by molar-refractivity contribution is -0.140. The fraction of sp³-hybridized carbons (Fsp3) is 0.280. The molecule has 0 aliphatic heterocycles. The van der Waals surface area contributed by atoms with Crippen molar-refractivity contribution in [1.29, 1.82) is 0 Å². The third kappa shape index (κ3) is 6.40. The molecule has 1 heterocycles. The van der Waals surface area contributed by atoms with E-state index in [0.29, 0.717) is 11.3 Å². The Morgan fingerprint density at radius 2 is 1.68 bits per heavy atom. The highest BCUT2D eigenvalue weighted by Gasteiger charge is 2.38. The summed E-state index contributed by atoms with van der Waals surface area (Å²) in [6, 6.07) is 17.9. The van der Waals surface area contributed by atoms with Crippen molar-refractivity contribution >= 4 is 15.9 Å². The summed E-state index contributed by atoms with van der Waals surface area (Å²) < 4.78 is 33.8. The number of pyridine rings is 1. The molecule has 0 aliphatic rings. The molecule has 1 N–H and O–H groups in total. The van der Waals surface area contributed by atoms with Crippen LogP contribution < -0.4 is 10.2 Å². The van der Waals surface area contributed by atoms with Crippen molar-refractivity contribution in [1.82, 2.24) is 14.8 Å². The van der Waals surface area contributed by atoms with Gasteiger partial charge in [0.2, 0.25) is 10.0 Å². The van der Waals surface area contributed by atoms with Gasteiger partial charge in [0.25, 0.3) is 5.91 Å². The van der Waals surface area contributed by atoms with Gasteiger partial charge in [-0.25, -0.2) is 13.9 Å². The zero-order valence-electron chi connectivity index (χ0n) is 19.4. The van der Waals surface area contributed by atoms with E-state index in [1.807, 2.05) is 30.3 Å². The molecule has 0 fully saturated rings. The molecule has 180 valence electrons. The molecule has 0 spiro atoms. The number of nitrogens with one attached hydrogen (secondary N) is 1. The van der Waals surface area contributed by atoms with Gasteiger partial charge < -0.3 is 4.74 Å². The standard InChI is InChI=1S/C25H29N3O5S/c1-19(2)24(25(29)27-33-18-20-8-5-4-6-9-20)28(17-21-10-7-15-26-16-21)34(30,31)23-13-11-22(32-3)12-14-23/h4-16,19,24H,17-18H2,1-3H3,(H,27,29). The van der Waals surface area contributed by atoms with Crippen LogP contribution in [0.2, 0.25) is 0 Å². The van der Waals surface area contributed by atoms with E-state index in [4.69, 9.17) is 9.57 Å². The number of carbonyl (C=O) groups excluding carboxylic acids is 1. The van der Waals surface area contributed by atoms with E-state index in [9.17, 15) is 13.2 Å². The van der Waals surface area contributed by atoms with Gasteiger partial charge >= 0.3 is 0 Å². The first-order chi connectivity index (χ1) is 16.3. The molecule has 1 amide bonds. The fourth-order valence-corrected chi connectivity index (χ4v) is 5.19. The van der Waals surface area contributed by atoms with Crippen LogP contribution in [0.25, 0.3) is 0 Å². The van der Waals surface area contributed by atoms with Crippen LogP contribution in [-0.4, -0.2) is 36.8 Å². The van der Waals surface area contributed by atoms with E-state index in [1.54, 1.807) is 50.5 Å². The van der Waals surface area contributed by atoms with E-state index in [-0.39, 0.29) is 24.0 Å². The molecular formula is C25H29N3O5S. The van der Waals surface area contributed by atoms with Gasteiger partial charge in [-0.15, -0.1) is 0 Å². The molecule has 1 atom stereocenters. The van der Waals surface area contributed by atoms with E-state index >= 15 is 0 Å². The van der Waals surface area contributed by atoms with Gasteiger partial charge in [-0.3, -0.25) is 14.6 Å². The Bertz CT molecular complexity index is 1150. The predicted molar refractivity (Wildman–Crippen MR) is 128 cm³/mol. The molecule has 3 aromatic rings. The zero-order chi connectivity index (χ0) is 24.6. The molecule has 0 bridgehead atoms. The fourth-order valence-electron chi connectivity index (χ4n) is 3.48. The summed E-state index contributed by atoms with van der Waals surface area (Å²) in [7, 11) is -2.55. The zero-order valence-corrected chi connectivity index (χ0v) is 20.2. The highest BCUT2D eigenvalue weighted by atomic mass is 32.2. The van der Waals surface area contributed by atoms with Crippen molar-refractivity contribution in [2.75, 3.05) is 7.11 Å². The molecule has 8 nitrogen and oxygen atoms in total. The van der Waals surface area contributed by atoms with Gasteiger partial charge in [0, 0.05) is 18.9 Å². The number of aromatic nitrogens is 1. The minimum absolute atomic E-state index is 0.0306. The van der Waals surface area contributed by atoms with E-state index in [0.717, 1.165) is 5.56 Å². The number of hydrogen-bond acceptors (Lipinski definition) is 6. The molecule has 34 heavy (non-hydrogen) atoms. The van der Waals surface area contributed by atoms with E-state index < -0.39 is 22.0 Å². The van der Waals surface area contributed by atoms with Crippen LogP contribution in [0.1, 0.15) is 25.0 Å². The summed E-state index contributed by atoms with van der Waals surface area (Å²) >= 11 is 0.